The third-order valence-corrected chi connectivity index (χ3v) is 13.0. The van der Waals surface area contributed by atoms with E-state index in [1.54, 1.807) is 0 Å². The van der Waals surface area contributed by atoms with Crippen LogP contribution in [0.4, 0.5) is 5.69 Å². The van der Waals surface area contributed by atoms with Crippen molar-refractivity contribution in [1.82, 2.24) is 0 Å². The Kier molecular flexibility index (Phi) is 7.73. The van der Waals surface area contributed by atoms with Crippen LogP contribution in [0.3, 0.4) is 0 Å². The summed E-state index contributed by atoms with van der Waals surface area (Å²) in [5, 5.41) is 7.05. The van der Waals surface area contributed by atoms with Crippen molar-refractivity contribution < 1.29 is 9.53 Å². The van der Waals surface area contributed by atoms with E-state index in [-0.39, 0.29) is 17.0 Å². The molecule has 1 heterocycles. The van der Waals surface area contributed by atoms with Crippen LogP contribution in [0.2, 0.25) is 5.04 Å². The van der Waals surface area contributed by atoms with Gasteiger partial charge in [-0.05, 0) is 39.2 Å². The Morgan fingerprint density at radius 1 is 0.857 bits per heavy atom. The van der Waals surface area contributed by atoms with Gasteiger partial charge in [-0.25, -0.2) is 0 Å². The fourth-order valence-electron chi connectivity index (χ4n) is 5.40. The van der Waals surface area contributed by atoms with E-state index in [4.69, 9.17) is 4.74 Å². The van der Waals surface area contributed by atoms with E-state index in [1.165, 1.54) is 15.6 Å². The summed E-state index contributed by atoms with van der Waals surface area (Å²) in [6, 6.07) is 31.5. The van der Waals surface area contributed by atoms with Crippen molar-refractivity contribution >= 4 is 30.0 Å². The maximum atomic E-state index is 13.2. The Balaban J connectivity index is 1.82. The molecule has 35 heavy (non-hydrogen) atoms. The van der Waals surface area contributed by atoms with Crippen molar-refractivity contribution in [3.63, 3.8) is 0 Å². The number of anilines is 1. The van der Waals surface area contributed by atoms with Gasteiger partial charge in [0.1, 0.15) is 6.10 Å². The average Bonchev–Trinajstić information content (AvgIpc) is 3.66. The number of hydrogen-bond acceptors (Lipinski definition) is 2. The van der Waals surface area contributed by atoms with E-state index in [2.05, 4.69) is 99.8 Å². The minimum atomic E-state index is -2.55. The molecule has 1 fully saturated rings. The maximum absolute atomic E-state index is 13.2. The molecule has 0 bridgehead atoms. The normalized spacial score (nSPS) is 18.2. The van der Waals surface area contributed by atoms with Gasteiger partial charge in [-0.2, -0.15) is 0 Å². The molecule has 1 aliphatic heterocycles. The Labute approximate surface area is 211 Å². The highest BCUT2D eigenvalue weighted by Crippen LogP contribution is 2.46. The summed E-state index contributed by atoms with van der Waals surface area (Å²) in [4.78, 5) is 13.2. The third kappa shape index (κ3) is 5.19. The van der Waals surface area contributed by atoms with Crippen LogP contribution in [0.1, 0.15) is 47.0 Å². The minimum absolute atomic E-state index is 0.0415. The molecule has 0 spiro atoms. The molecular formula is C31H37NO2Si. The van der Waals surface area contributed by atoms with Crippen molar-refractivity contribution in [1.29, 1.82) is 0 Å². The molecule has 3 aromatic rings. The maximum Gasteiger partial charge on any atom is 0.256 e. The number of allylic oxidation sites excluding steroid dienone is 1. The van der Waals surface area contributed by atoms with Crippen molar-refractivity contribution in [2.75, 3.05) is 5.32 Å². The van der Waals surface area contributed by atoms with Gasteiger partial charge in [0, 0.05) is 5.69 Å². The zero-order valence-corrected chi connectivity index (χ0v) is 22.3. The molecular weight excluding hydrogens is 446 g/mol. The SMILES string of the molecule is CCCC/C=C(\[C@@H]1O[C@H]1C(=O)Nc1ccccc1)[Si](c1ccccc1)(c1ccccc1)C(C)(C)C. The van der Waals surface area contributed by atoms with E-state index in [0.717, 1.165) is 24.9 Å². The number of unbranched alkanes of at least 4 members (excludes halogenated alkanes) is 2. The molecule has 4 rings (SSSR count). The highest BCUT2D eigenvalue weighted by atomic mass is 28.3. The lowest BCUT2D eigenvalue weighted by Crippen LogP contribution is -2.67. The van der Waals surface area contributed by atoms with Crippen LogP contribution in [0, 0.1) is 0 Å². The van der Waals surface area contributed by atoms with E-state index in [1.807, 2.05) is 30.3 Å². The first-order valence-electron chi connectivity index (χ1n) is 12.7. The average molecular weight is 484 g/mol. The first-order chi connectivity index (χ1) is 16.9. The van der Waals surface area contributed by atoms with Crippen LogP contribution in [0.25, 0.3) is 0 Å². The number of para-hydroxylation sites is 1. The third-order valence-electron chi connectivity index (χ3n) is 6.99. The second kappa shape index (κ2) is 10.8. The van der Waals surface area contributed by atoms with E-state index in [9.17, 15) is 4.79 Å². The summed E-state index contributed by atoms with van der Waals surface area (Å²) < 4.78 is 6.24. The minimum Gasteiger partial charge on any atom is -0.355 e. The highest BCUT2D eigenvalue weighted by molar-refractivity contribution is 7.09. The van der Waals surface area contributed by atoms with Crippen LogP contribution in [-0.2, 0) is 9.53 Å². The molecule has 1 saturated heterocycles. The molecule has 3 aromatic carbocycles. The van der Waals surface area contributed by atoms with Crippen molar-refractivity contribution in [2.45, 2.75) is 64.2 Å². The van der Waals surface area contributed by atoms with Crippen LogP contribution in [0.15, 0.2) is 102 Å². The summed E-state index contributed by atoms with van der Waals surface area (Å²) in [5.74, 6) is -0.0690. The number of carbonyl (C=O) groups excluding carboxylic acids is 1. The van der Waals surface area contributed by atoms with Gasteiger partial charge in [-0.3, -0.25) is 4.79 Å². The van der Waals surface area contributed by atoms with Gasteiger partial charge in [0.05, 0.1) is 0 Å². The lowest BCUT2D eigenvalue weighted by atomic mass is 10.2. The van der Waals surface area contributed by atoms with Crippen LogP contribution >= 0.6 is 0 Å². The number of nitrogens with one attached hydrogen (secondary N) is 1. The van der Waals surface area contributed by atoms with Gasteiger partial charge in [-0.1, -0.05) is 125 Å². The van der Waals surface area contributed by atoms with E-state index >= 15 is 0 Å². The summed E-state index contributed by atoms with van der Waals surface area (Å²) in [5.41, 5.74) is 0.800. The molecule has 0 radical (unpaired) electrons. The van der Waals surface area contributed by atoms with E-state index < -0.39 is 14.2 Å². The Hall–Kier alpha value is -2.95. The monoisotopic (exact) mass is 483 g/mol. The molecule has 182 valence electrons. The zero-order valence-electron chi connectivity index (χ0n) is 21.3. The first-order valence-corrected chi connectivity index (χ1v) is 14.7. The Morgan fingerprint density at radius 3 is 1.86 bits per heavy atom. The number of ether oxygens (including phenoxy) is 1. The molecule has 1 amide bonds. The van der Waals surface area contributed by atoms with E-state index in [0.29, 0.717) is 0 Å². The quantitative estimate of drug-likeness (QED) is 0.227. The number of carbonyl (C=O) groups is 1. The Bertz CT molecular complexity index is 1100. The molecule has 1 N–H and O–H groups in total. The molecule has 0 saturated carbocycles. The molecule has 0 aromatic heterocycles. The smallest absolute Gasteiger partial charge is 0.256 e. The van der Waals surface area contributed by atoms with Gasteiger partial charge in [0.15, 0.2) is 14.2 Å². The van der Waals surface area contributed by atoms with Gasteiger partial charge >= 0.3 is 0 Å². The predicted octanol–water partition coefficient (Wildman–Crippen LogP) is 6.11. The molecule has 4 heteroatoms. The zero-order chi connectivity index (χ0) is 24.9. The van der Waals surface area contributed by atoms with Crippen LogP contribution in [0.5, 0.6) is 0 Å². The number of benzene rings is 3. The molecule has 1 aliphatic rings. The second-order valence-electron chi connectivity index (χ2n) is 10.4. The molecule has 3 nitrogen and oxygen atoms in total. The fraction of sp³-hybridized carbons (Fsp3) is 0.323. The number of rotatable bonds is 9. The molecule has 0 unspecified atom stereocenters. The fourth-order valence-corrected chi connectivity index (χ4v) is 11.5. The highest BCUT2D eigenvalue weighted by Gasteiger charge is 2.59. The first kappa shape index (κ1) is 25.1. The standard InChI is InChI=1S/C31H37NO2Si/c1-5-6-10-23-27(28-29(34-28)30(33)32-24-17-11-7-12-18-24)35(31(2,3)4,25-19-13-8-14-20-25)26-21-15-9-16-22-26/h7-9,11-23,28-29H,5-6,10H2,1-4H3,(H,32,33)/b27-23+/t28-,29+/m0/s1. The van der Waals surface area contributed by atoms with Gasteiger partial charge in [0.25, 0.3) is 5.91 Å². The second-order valence-corrected chi connectivity index (χ2v) is 15.1. The van der Waals surface area contributed by atoms with Crippen molar-refractivity contribution in [2.24, 2.45) is 0 Å². The number of epoxide rings is 1. The summed E-state index contributed by atoms with van der Waals surface area (Å²) in [6.07, 6.45) is 4.99. The van der Waals surface area contributed by atoms with Crippen LogP contribution in [-0.4, -0.2) is 26.2 Å². The lowest BCUT2D eigenvalue weighted by Gasteiger charge is -2.46. The van der Waals surface area contributed by atoms with Crippen LogP contribution < -0.4 is 15.7 Å². The topological polar surface area (TPSA) is 41.6 Å². The van der Waals surface area contributed by atoms with Gasteiger partial charge in [-0.15, -0.1) is 0 Å². The molecule has 2 atom stereocenters. The summed E-state index contributed by atoms with van der Waals surface area (Å²) in [7, 11) is -2.55. The largest absolute Gasteiger partial charge is 0.355 e. The van der Waals surface area contributed by atoms with Gasteiger partial charge in [0.2, 0.25) is 0 Å². The number of amides is 1. The number of hydrogen-bond donors (Lipinski definition) is 1. The predicted molar refractivity (Wildman–Crippen MR) is 149 cm³/mol. The summed E-state index contributed by atoms with van der Waals surface area (Å²) in [6.45, 7) is 9.29. The summed E-state index contributed by atoms with van der Waals surface area (Å²) >= 11 is 0. The lowest BCUT2D eigenvalue weighted by molar-refractivity contribution is -0.117. The Morgan fingerprint density at radius 2 is 1.37 bits per heavy atom. The molecule has 0 aliphatic carbocycles. The van der Waals surface area contributed by atoms with Crippen molar-refractivity contribution in [3.8, 4) is 0 Å². The van der Waals surface area contributed by atoms with Crippen molar-refractivity contribution in [3.05, 3.63) is 102 Å². The van der Waals surface area contributed by atoms with Gasteiger partial charge < -0.3 is 10.1 Å².